The van der Waals surface area contributed by atoms with Crippen molar-refractivity contribution in [1.82, 2.24) is 15.1 Å². The van der Waals surface area contributed by atoms with Crippen molar-refractivity contribution in [3.8, 4) is 0 Å². The van der Waals surface area contributed by atoms with Crippen molar-refractivity contribution in [2.24, 2.45) is 10.2 Å². The maximum atomic E-state index is 12.2. The average molecular weight is 339 g/mol. The Kier molecular flexibility index (Phi) is 6.12. The van der Waals surface area contributed by atoms with E-state index in [2.05, 4.69) is 30.5 Å². The minimum Gasteiger partial charge on any atom is -0.350 e. The molecule has 126 valence electrons. The number of azide groups is 2. The number of amides is 1. The molecule has 0 saturated heterocycles. The highest BCUT2D eigenvalue weighted by Gasteiger charge is 2.08. The third kappa shape index (κ3) is 5.10. The van der Waals surface area contributed by atoms with Gasteiger partial charge in [0.05, 0.1) is 13.1 Å². The lowest BCUT2D eigenvalue weighted by Crippen LogP contribution is -2.31. The summed E-state index contributed by atoms with van der Waals surface area (Å²) in [6, 6.07) is 7.39. The van der Waals surface area contributed by atoms with Crippen molar-refractivity contribution in [3.63, 3.8) is 0 Å². The van der Waals surface area contributed by atoms with Gasteiger partial charge in [0.2, 0.25) is 0 Å². The van der Waals surface area contributed by atoms with Crippen molar-refractivity contribution >= 4 is 11.6 Å². The van der Waals surface area contributed by atoms with Gasteiger partial charge < -0.3 is 5.32 Å². The molecule has 11 heteroatoms. The first-order valence-corrected chi connectivity index (χ1v) is 7.14. The number of hydrogen-bond donors (Lipinski definition) is 1. The summed E-state index contributed by atoms with van der Waals surface area (Å²) in [7, 11) is 0. The Balaban J connectivity index is 2.10. The van der Waals surface area contributed by atoms with E-state index in [1.807, 2.05) is 0 Å². The molecule has 0 spiro atoms. The van der Waals surface area contributed by atoms with E-state index in [1.54, 1.807) is 0 Å². The standard InChI is InChI=1S/C14H13N9O2/c15-21-18-9-10-6-11(8-12(7-10)20-22-16)14(25)17-4-5-23-13(24)2-1-3-19-23/h1-3,6-8H,4-5,9H2,(H,17,25). The van der Waals surface area contributed by atoms with Gasteiger partial charge in [0, 0.05) is 39.9 Å². The predicted molar refractivity (Wildman–Crippen MR) is 88.9 cm³/mol. The van der Waals surface area contributed by atoms with Crippen LogP contribution >= 0.6 is 0 Å². The lowest BCUT2D eigenvalue weighted by Gasteiger charge is -2.08. The molecule has 0 radical (unpaired) electrons. The monoisotopic (exact) mass is 339 g/mol. The van der Waals surface area contributed by atoms with Crippen molar-refractivity contribution in [1.29, 1.82) is 0 Å². The minimum absolute atomic E-state index is 0.0227. The molecule has 2 rings (SSSR count). The van der Waals surface area contributed by atoms with Crippen LogP contribution in [-0.4, -0.2) is 22.2 Å². The van der Waals surface area contributed by atoms with E-state index >= 15 is 0 Å². The predicted octanol–water partition coefficient (Wildman–Crippen LogP) is 2.43. The Bertz CT molecular complexity index is 924. The van der Waals surface area contributed by atoms with Crippen LogP contribution in [0, 0.1) is 0 Å². The summed E-state index contributed by atoms with van der Waals surface area (Å²) in [4.78, 5) is 29.1. The molecule has 1 aromatic carbocycles. The highest BCUT2D eigenvalue weighted by molar-refractivity contribution is 5.95. The van der Waals surface area contributed by atoms with Gasteiger partial charge in [-0.15, -0.1) is 0 Å². The molecule has 0 bridgehead atoms. The van der Waals surface area contributed by atoms with Crippen LogP contribution in [0.3, 0.4) is 0 Å². The van der Waals surface area contributed by atoms with Gasteiger partial charge in [-0.05, 0) is 40.9 Å². The van der Waals surface area contributed by atoms with Gasteiger partial charge in [-0.3, -0.25) is 9.59 Å². The fraction of sp³-hybridized carbons (Fsp3) is 0.214. The Morgan fingerprint density at radius 2 is 2.12 bits per heavy atom. The highest BCUT2D eigenvalue weighted by atomic mass is 16.1. The Labute approximate surface area is 141 Å². The van der Waals surface area contributed by atoms with Crippen LogP contribution in [0.15, 0.2) is 51.6 Å². The molecule has 0 aliphatic carbocycles. The van der Waals surface area contributed by atoms with Crippen LogP contribution in [0.1, 0.15) is 15.9 Å². The van der Waals surface area contributed by atoms with Gasteiger partial charge in [0.15, 0.2) is 0 Å². The summed E-state index contributed by atoms with van der Waals surface area (Å²) in [6.07, 6.45) is 1.48. The van der Waals surface area contributed by atoms with Crippen molar-refractivity contribution in [2.45, 2.75) is 13.1 Å². The zero-order valence-corrected chi connectivity index (χ0v) is 13.0. The van der Waals surface area contributed by atoms with E-state index in [1.165, 1.54) is 41.2 Å². The largest absolute Gasteiger partial charge is 0.350 e. The van der Waals surface area contributed by atoms with Crippen LogP contribution in [0.25, 0.3) is 20.9 Å². The first kappa shape index (κ1) is 17.5. The summed E-state index contributed by atoms with van der Waals surface area (Å²) in [5, 5.41) is 13.4. The number of nitrogens with zero attached hydrogens (tertiary/aromatic N) is 8. The highest BCUT2D eigenvalue weighted by Crippen LogP contribution is 2.19. The van der Waals surface area contributed by atoms with Crippen molar-refractivity contribution in [2.75, 3.05) is 6.54 Å². The third-order valence-electron chi connectivity index (χ3n) is 3.11. The molecule has 0 aliphatic rings. The molecule has 1 aromatic heterocycles. The van der Waals surface area contributed by atoms with E-state index in [0.29, 0.717) is 5.56 Å². The van der Waals surface area contributed by atoms with E-state index in [-0.39, 0.29) is 36.4 Å². The number of rotatable bonds is 7. The second-order valence-corrected chi connectivity index (χ2v) is 4.81. The van der Waals surface area contributed by atoms with Crippen LogP contribution in [-0.2, 0) is 13.1 Å². The Hall–Kier alpha value is -3.81. The molecule has 0 unspecified atom stereocenters. The number of aromatic nitrogens is 2. The second kappa shape index (κ2) is 8.73. The minimum atomic E-state index is -0.416. The molecule has 0 aliphatic heterocycles. The van der Waals surface area contributed by atoms with Gasteiger partial charge >= 0.3 is 0 Å². The average Bonchev–Trinajstić information content (AvgIpc) is 2.61. The summed E-state index contributed by atoms with van der Waals surface area (Å²) < 4.78 is 1.23. The molecule has 2 aromatic rings. The number of benzene rings is 1. The van der Waals surface area contributed by atoms with Crippen LogP contribution in [0.2, 0.25) is 0 Å². The van der Waals surface area contributed by atoms with Gasteiger partial charge in [0.25, 0.3) is 11.5 Å². The lowest BCUT2D eigenvalue weighted by atomic mass is 10.1. The Morgan fingerprint density at radius 1 is 1.28 bits per heavy atom. The first-order chi connectivity index (χ1) is 12.1. The lowest BCUT2D eigenvalue weighted by molar-refractivity contribution is 0.0951. The van der Waals surface area contributed by atoms with E-state index < -0.39 is 5.91 Å². The molecule has 25 heavy (non-hydrogen) atoms. The van der Waals surface area contributed by atoms with Crippen LogP contribution in [0.4, 0.5) is 5.69 Å². The first-order valence-electron chi connectivity index (χ1n) is 7.14. The molecule has 1 N–H and O–H groups in total. The van der Waals surface area contributed by atoms with Crippen LogP contribution < -0.4 is 10.9 Å². The van der Waals surface area contributed by atoms with E-state index in [0.717, 1.165) is 0 Å². The molecule has 11 nitrogen and oxygen atoms in total. The number of carbonyl (C=O) groups excluding carboxylic acids is 1. The number of carbonyl (C=O) groups is 1. The summed E-state index contributed by atoms with van der Waals surface area (Å²) in [5.41, 5.74) is 17.7. The fourth-order valence-electron chi connectivity index (χ4n) is 2.05. The molecule has 0 fully saturated rings. The summed E-state index contributed by atoms with van der Waals surface area (Å²) in [5.74, 6) is -0.416. The zero-order chi connectivity index (χ0) is 18.1. The Morgan fingerprint density at radius 3 is 2.84 bits per heavy atom. The molecule has 0 saturated carbocycles. The van der Waals surface area contributed by atoms with E-state index in [9.17, 15) is 9.59 Å². The van der Waals surface area contributed by atoms with Gasteiger partial charge in [-0.1, -0.05) is 10.2 Å². The maximum Gasteiger partial charge on any atom is 0.266 e. The van der Waals surface area contributed by atoms with E-state index in [4.69, 9.17) is 11.1 Å². The molecule has 1 amide bonds. The number of hydrogen-bond acceptors (Lipinski definition) is 5. The summed E-state index contributed by atoms with van der Waals surface area (Å²) in [6.45, 7) is 0.426. The normalized spacial score (nSPS) is 9.60. The molecular formula is C14H13N9O2. The van der Waals surface area contributed by atoms with Gasteiger partial charge in [-0.2, -0.15) is 5.10 Å². The second-order valence-electron chi connectivity index (χ2n) is 4.81. The molecule has 1 heterocycles. The third-order valence-corrected chi connectivity index (χ3v) is 3.11. The molecular weight excluding hydrogens is 326 g/mol. The fourth-order valence-corrected chi connectivity index (χ4v) is 2.05. The SMILES string of the molecule is [N-]=[N+]=NCc1cc(N=[N+]=[N-])cc(C(=O)NCCn2ncccc2=O)c1. The number of nitrogens with one attached hydrogen (secondary N) is 1. The summed E-state index contributed by atoms with van der Waals surface area (Å²) >= 11 is 0. The van der Waals surface area contributed by atoms with Crippen molar-refractivity contribution in [3.05, 3.63) is 78.9 Å². The smallest absolute Gasteiger partial charge is 0.266 e. The zero-order valence-electron chi connectivity index (χ0n) is 13.0. The van der Waals surface area contributed by atoms with Gasteiger partial charge in [0.1, 0.15) is 0 Å². The molecule has 0 atom stereocenters. The van der Waals surface area contributed by atoms with Crippen LogP contribution in [0.5, 0.6) is 0 Å². The topological polar surface area (TPSA) is 162 Å². The van der Waals surface area contributed by atoms with Crippen molar-refractivity contribution < 1.29 is 4.79 Å². The van der Waals surface area contributed by atoms with Gasteiger partial charge in [-0.25, -0.2) is 4.68 Å². The quantitative estimate of drug-likeness (QED) is 0.466. The maximum absolute atomic E-state index is 12.2.